The van der Waals surface area contributed by atoms with Crippen LogP contribution in [0.3, 0.4) is 0 Å². The maximum atomic E-state index is 13.1. The molecule has 0 bridgehead atoms. The third-order valence-electron chi connectivity index (χ3n) is 3.48. The number of carbonyl (C=O) groups is 1. The number of carbonyl (C=O) groups excluding carboxylic acids is 1. The third kappa shape index (κ3) is 3.68. The van der Waals surface area contributed by atoms with E-state index < -0.39 is 5.82 Å². The van der Waals surface area contributed by atoms with Crippen molar-refractivity contribution in [3.63, 3.8) is 0 Å². The van der Waals surface area contributed by atoms with Crippen molar-refractivity contribution in [1.29, 1.82) is 0 Å². The first-order valence-electron chi connectivity index (χ1n) is 6.99. The summed E-state index contributed by atoms with van der Waals surface area (Å²) >= 11 is 5.90. The van der Waals surface area contributed by atoms with Crippen molar-refractivity contribution in [2.45, 2.75) is 13.0 Å². The summed E-state index contributed by atoms with van der Waals surface area (Å²) in [6.45, 7) is 0.286. The van der Waals surface area contributed by atoms with E-state index >= 15 is 0 Å². The van der Waals surface area contributed by atoms with Gasteiger partial charge < -0.3 is 10.3 Å². The lowest BCUT2D eigenvalue weighted by Crippen LogP contribution is -2.24. The first kappa shape index (κ1) is 15.5. The largest absolute Gasteiger partial charge is 0.357 e. The fourth-order valence-corrected chi connectivity index (χ4v) is 2.59. The lowest BCUT2D eigenvalue weighted by atomic mass is 10.1. The number of hydrogen-bond acceptors (Lipinski definition) is 1. The molecule has 6 heteroatoms. The molecule has 0 fully saturated rings. The minimum absolute atomic E-state index is 0.0635. The van der Waals surface area contributed by atoms with Crippen LogP contribution in [0, 0.1) is 11.6 Å². The molecule has 2 N–H and O–H groups in total. The number of rotatable bonds is 4. The number of hydrogen-bond donors (Lipinski definition) is 2. The molecule has 23 heavy (non-hydrogen) atoms. The first-order valence-corrected chi connectivity index (χ1v) is 7.37. The van der Waals surface area contributed by atoms with Crippen LogP contribution < -0.4 is 5.32 Å². The van der Waals surface area contributed by atoms with E-state index in [2.05, 4.69) is 10.3 Å². The highest BCUT2D eigenvalue weighted by molar-refractivity contribution is 6.31. The minimum atomic E-state index is -0.440. The van der Waals surface area contributed by atoms with Crippen molar-refractivity contribution in [3.8, 4) is 0 Å². The summed E-state index contributed by atoms with van der Waals surface area (Å²) < 4.78 is 26.1. The lowest BCUT2D eigenvalue weighted by molar-refractivity contribution is -0.120. The first-order chi connectivity index (χ1) is 11.0. The fraction of sp³-hybridized carbons (Fsp3) is 0.118. The van der Waals surface area contributed by atoms with E-state index in [1.807, 2.05) is 0 Å². The van der Waals surface area contributed by atoms with Crippen molar-refractivity contribution in [2.24, 2.45) is 0 Å². The molecule has 118 valence electrons. The number of nitrogens with one attached hydrogen (secondary N) is 2. The van der Waals surface area contributed by atoms with Crippen LogP contribution in [-0.2, 0) is 17.8 Å². The topological polar surface area (TPSA) is 44.9 Å². The maximum Gasteiger partial charge on any atom is 0.224 e. The van der Waals surface area contributed by atoms with E-state index in [1.165, 1.54) is 30.3 Å². The molecule has 0 saturated heterocycles. The van der Waals surface area contributed by atoms with Crippen LogP contribution in [0.1, 0.15) is 11.3 Å². The SMILES string of the molecule is O=C(Cc1ccc(F)cc1Cl)NCc1cc2cc(F)ccc2[nH]1. The average Bonchev–Trinajstić information content (AvgIpc) is 2.90. The van der Waals surface area contributed by atoms with Gasteiger partial charge in [-0.1, -0.05) is 17.7 Å². The van der Waals surface area contributed by atoms with E-state index in [0.717, 1.165) is 16.6 Å². The van der Waals surface area contributed by atoms with E-state index in [-0.39, 0.29) is 29.7 Å². The van der Waals surface area contributed by atoms with Gasteiger partial charge in [0.2, 0.25) is 5.91 Å². The molecule has 3 rings (SSSR count). The minimum Gasteiger partial charge on any atom is -0.357 e. The van der Waals surface area contributed by atoms with Crippen LogP contribution in [0.15, 0.2) is 42.5 Å². The van der Waals surface area contributed by atoms with Gasteiger partial charge in [0.15, 0.2) is 0 Å². The van der Waals surface area contributed by atoms with Crippen LogP contribution in [0.2, 0.25) is 5.02 Å². The van der Waals surface area contributed by atoms with Crippen molar-refractivity contribution in [3.05, 3.63) is 70.4 Å². The zero-order chi connectivity index (χ0) is 16.4. The molecule has 2 aromatic carbocycles. The predicted octanol–water partition coefficient (Wildman–Crippen LogP) is 3.96. The van der Waals surface area contributed by atoms with Crippen molar-refractivity contribution in [2.75, 3.05) is 0 Å². The van der Waals surface area contributed by atoms with E-state index in [1.54, 1.807) is 12.1 Å². The Morgan fingerprint density at radius 1 is 1.09 bits per heavy atom. The Morgan fingerprint density at radius 3 is 2.61 bits per heavy atom. The maximum absolute atomic E-state index is 13.1. The van der Waals surface area contributed by atoms with Crippen LogP contribution >= 0.6 is 11.6 Å². The van der Waals surface area contributed by atoms with Crippen molar-refractivity contribution in [1.82, 2.24) is 10.3 Å². The summed E-state index contributed by atoms with van der Waals surface area (Å²) in [6, 6.07) is 10.2. The second-order valence-electron chi connectivity index (χ2n) is 5.22. The predicted molar refractivity (Wildman–Crippen MR) is 85.2 cm³/mol. The fourth-order valence-electron chi connectivity index (χ4n) is 2.35. The van der Waals surface area contributed by atoms with Gasteiger partial charge in [-0.2, -0.15) is 0 Å². The molecular weight excluding hydrogens is 322 g/mol. The van der Waals surface area contributed by atoms with Crippen LogP contribution in [0.25, 0.3) is 10.9 Å². The molecule has 0 saturated carbocycles. The van der Waals surface area contributed by atoms with Gasteiger partial charge in [-0.15, -0.1) is 0 Å². The zero-order valence-electron chi connectivity index (χ0n) is 12.0. The molecule has 1 aromatic heterocycles. The van der Waals surface area contributed by atoms with Gasteiger partial charge in [0.1, 0.15) is 11.6 Å². The Bertz CT molecular complexity index is 876. The summed E-state index contributed by atoms with van der Waals surface area (Å²) in [6.07, 6.45) is 0.0635. The van der Waals surface area contributed by atoms with Gasteiger partial charge in [0.25, 0.3) is 0 Å². The highest BCUT2D eigenvalue weighted by Gasteiger charge is 2.09. The van der Waals surface area contributed by atoms with Gasteiger partial charge in [-0.05, 0) is 42.0 Å². The van der Waals surface area contributed by atoms with E-state index in [0.29, 0.717) is 5.56 Å². The van der Waals surface area contributed by atoms with Crippen molar-refractivity contribution < 1.29 is 13.6 Å². The van der Waals surface area contributed by atoms with Crippen molar-refractivity contribution >= 4 is 28.4 Å². The van der Waals surface area contributed by atoms with Gasteiger partial charge in [-0.25, -0.2) is 8.78 Å². The Hall–Kier alpha value is -2.40. The van der Waals surface area contributed by atoms with Gasteiger partial charge >= 0.3 is 0 Å². The smallest absolute Gasteiger partial charge is 0.224 e. The summed E-state index contributed by atoms with van der Waals surface area (Å²) in [5.41, 5.74) is 2.13. The standard InChI is InChI=1S/C17H13ClF2N2O/c18-15-8-13(20)2-1-10(15)7-17(23)21-9-14-6-11-5-12(19)3-4-16(11)22-14/h1-6,8,22H,7,9H2,(H,21,23). The number of amides is 1. The molecule has 0 aliphatic carbocycles. The van der Waals surface area contributed by atoms with E-state index in [4.69, 9.17) is 11.6 Å². The normalized spacial score (nSPS) is 10.9. The molecule has 1 heterocycles. The monoisotopic (exact) mass is 334 g/mol. The molecule has 0 radical (unpaired) electrons. The zero-order valence-corrected chi connectivity index (χ0v) is 12.8. The van der Waals surface area contributed by atoms with E-state index in [9.17, 15) is 13.6 Å². The second-order valence-corrected chi connectivity index (χ2v) is 5.62. The summed E-state index contributed by atoms with van der Waals surface area (Å²) in [5, 5.41) is 3.72. The Morgan fingerprint density at radius 2 is 1.83 bits per heavy atom. The Kier molecular flexibility index (Phi) is 4.30. The highest BCUT2D eigenvalue weighted by Crippen LogP contribution is 2.18. The highest BCUT2D eigenvalue weighted by atomic mass is 35.5. The number of halogens is 3. The number of H-pyrrole nitrogens is 1. The average molecular weight is 335 g/mol. The van der Waals surface area contributed by atoms with Gasteiger partial charge in [-0.3, -0.25) is 4.79 Å². The van der Waals surface area contributed by atoms with Gasteiger partial charge in [0.05, 0.1) is 13.0 Å². The summed E-state index contributed by atoms with van der Waals surface area (Å²) in [7, 11) is 0. The van der Waals surface area contributed by atoms with Gasteiger partial charge in [0, 0.05) is 21.6 Å². The Labute approximate surface area is 136 Å². The molecule has 3 aromatic rings. The summed E-state index contributed by atoms with van der Waals surface area (Å²) in [5.74, 6) is -0.981. The molecule has 3 nitrogen and oxygen atoms in total. The third-order valence-corrected chi connectivity index (χ3v) is 3.83. The number of aromatic amines is 1. The molecule has 0 unspecified atom stereocenters. The second kappa shape index (κ2) is 6.38. The molecular formula is C17H13ClF2N2O. The summed E-state index contributed by atoms with van der Waals surface area (Å²) in [4.78, 5) is 15.1. The number of aromatic nitrogens is 1. The molecule has 0 spiro atoms. The molecule has 1 amide bonds. The Balaban J connectivity index is 1.63. The van der Waals surface area contributed by atoms with Crippen LogP contribution in [0.4, 0.5) is 8.78 Å². The lowest BCUT2D eigenvalue weighted by Gasteiger charge is -2.06. The molecule has 0 atom stereocenters. The molecule has 0 aliphatic rings. The van der Waals surface area contributed by atoms with Crippen LogP contribution in [-0.4, -0.2) is 10.9 Å². The number of benzene rings is 2. The van der Waals surface area contributed by atoms with Crippen LogP contribution in [0.5, 0.6) is 0 Å². The quantitative estimate of drug-likeness (QED) is 0.745. The molecule has 0 aliphatic heterocycles. The number of fused-ring (bicyclic) bond motifs is 1.